The van der Waals surface area contributed by atoms with Gasteiger partial charge in [0.15, 0.2) is 0 Å². The van der Waals surface area contributed by atoms with Crippen molar-refractivity contribution < 1.29 is 5.11 Å². The third-order valence-corrected chi connectivity index (χ3v) is 6.05. The van der Waals surface area contributed by atoms with E-state index in [1.54, 1.807) is 0 Å². The predicted molar refractivity (Wildman–Crippen MR) is 100 cm³/mol. The summed E-state index contributed by atoms with van der Waals surface area (Å²) in [7, 11) is 0. The van der Waals surface area contributed by atoms with Crippen molar-refractivity contribution in [2.24, 2.45) is 5.92 Å². The minimum Gasteiger partial charge on any atom is -0.384 e. The number of pyridine rings is 1. The second kappa shape index (κ2) is 5.65. The van der Waals surface area contributed by atoms with E-state index in [0.717, 1.165) is 48.9 Å². The highest BCUT2D eigenvalue weighted by Gasteiger charge is 2.46. The number of aromatic nitrogens is 1. The van der Waals surface area contributed by atoms with E-state index in [0.29, 0.717) is 5.92 Å². The summed E-state index contributed by atoms with van der Waals surface area (Å²) in [5.74, 6) is 0.396. The van der Waals surface area contributed by atoms with Gasteiger partial charge in [-0.2, -0.15) is 0 Å². The maximum Gasteiger partial charge on any atom is 0.105 e. The first-order chi connectivity index (χ1) is 12.2. The molecule has 1 atom stereocenters. The van der Waals surface area contributed by atoms with Crippen molar-refractivity contribution in [2.75, 3.05) is 19.6 Å². The normalized spacial score (nSPS) is 28.4. The van der Waals surface area contributed by atoms with E-state index in [4.69, 9.17) is 0 Å². The van der Waals surface area contributed by atoms with E-state index >= 15 is 0 Å². The fraction of sp³-hybridized carbons (Fsp3) is 0.318. The molecule has 0 spiro atoms. The third kappa shape index (κ3) is 2.46. The van der Waals surface area contributed by atoms with Crippen LogP contribution in [0.25, 0.3) is 22.0 Å². The van der Waals surface area contributed by atoms with Gasteiger partial charge in [0.2, 0.25) is 0 Å². The molecule has 1 unspecified atom stereocenters. The quantitative estimate of drug-likeness (QED) is 0.776. The first-order valence-corrected chi connectivity index (χ1v) is 9.13. The van der Waals surface area contributed by atoms with Gasteiger partial charge in [-0.3, -0.25) is 4.98 Å². The van der Waals surface area contributed by atoms with Gasteiger partial charge in [0, 0.05) is 18.1 Å². The maximum atomic E-state index is 11.3. The van der Waals surface area contributed by atoms with Gasteiger partial charge in [0.25, 0.3) is 0 Å². The molecule has 3 saturated heterocycles. The van der Waals surface area contributed by atoms with Crippen molar-refractivity contribution >= 4 is 10.9 Å². The number of fused-ring (bicyclic) bond motifs is 4. The van der Waals surface area contributed by atoms with Gasteiger partial charge in [-0.15, -0.1) is 0 Å². The molecule has 0 amide bonds. The van der Waals surface area contributed by atoms with E-state index in [9.17, 15) is 5.11 Å². The zero-order chi connectivity index (χ0) is 16.9. The van der Waals surface area contributed by atoms with Crippen LogP contribution in [0.15, 0.2) is 60.8 Å². The third-order valence-electron chi connectivity index (χ3n) is 6.05. The molecule has 2 aromatic carbocycles. The second-order valence-electron chi connectivity index (χ2n) is 7.46. The Labute approximate surface area is 147 Å². The first kappa shape index (κ1) is 15.1. The predicted octanol–water partition coefficient (Wildman–Crippen LogP) is 3.82. The van der Waals surface area contributed by atoms with E-state index < -0.39 is 5.60 Å². The number of nitrogens with zero attached hydrogens (tertiary/aromatic N) is 2. The summed E-state index contributed by atoms with van der Waals surface area (Å²) in [6, 6.07) is 18.9. The van der Waals surface area contributed by atoms with E-state index in [2.05, 4.69) is 58.4 Å². The van der Waals surface area contributed by atoms with Gasteiger partial charge in [-0.05, 0) is 60.7 Å². The van der Waals surface area contributed by atoms with Crippen LogP contribution < -0.4 is 0 Å². The van der Waals surface area contributed by atoms with Gasteiger partial charge in [0.05, 0.1) is 5.52 Å². The van der Waals surface area contributed by atoms with Crippen LogP contribution in [0, 0.1) is 5.92 Å². The molecule has 3 nitrogen and oxygen atoms in total. The van der Waals surface area contributed by atoms with Crippen LogP contribution in [-0.2, 0) is 5.60 Å². The highest BCUT2D eigenvalue weighted by atomic mass is 16.3. The Morgan fingerprint density at radius 3 is 2.44 bits per heavy atom. The molecule has 1 aromatic heterocycles. The van der Waals surface area contributed by atoms with Crippen molar-refractivity contribution in [3.63, 3.8) is 0 Å². The lowest BCUT2D eigenvalue weighted by Gasteiger charge is -2.50. The van der Waals surface area contributed by atoms with Gasteiger partial charge < -0.3 is 10.0 Å². The maximum absolute atomic E-state index is 11.3. The molecular formula is C22H22N2O. The van der Waals surface area contributed by atoms with Crippen LogP contribution >= 0.6 is 0 Å². The van der Waals surface area contributed by atoms with Crippen LogP contribution in [-0.4, -0.2) is 34.6 Å². The molecule has 0 aliphatic carbocycles. The molecule has 4 heterocycles. The summed E-state index contributed by atoms with van der Waals surface area (Å²) in [6.07, 6.45) is 4.04. The standard InChI is InChI=1S/C22H22N2O/c25-22(15-24-12-9-20(22)10-13-24)19-7-5-16(6-8-19)18-4-3-17-2-1-11-23-21(17)14-18/h1-8,11,14,20,25H,9-10,12-13,15H2. The Hall–Kier alpha value is -2.23. The number of piperidine rings is 3. The first-order valence-electron chi connectivity index (χ1n) is 9.13. The summed E-state index contributed by atoms with van der Waals surface area (Å²) < 4.78 is 0. The highest BCUT2D eigenvalue weighted by Crippen LogP contribution is 2.42. The van der Waals surface area contributed by atoms with Crippen LogP contribution in [0.3, 0.4) is 0 Å². The minimum absolute atomic E-state index is 0.396. The van der Waals surface area contributed by atoms with Gasteiger partial charge >= 0.3 is 0 Å². The molecule has 0 radical (unpaired) electrons. The minimum atomic E-state index is -0.681. The number of aliphatic hydroxyl groups is 1. The molecule has 3 heteroatoms. The Bertz CT molecular complexity index is 913. The molecule has 0 saturated carbocycles. The van der Waals surface area contributed by atoms with E-state index in [1.165, 1.54) is 11.1 Å². The molecule has 3 aliphatic heterocycles. The smallest absolute Gasteiger partial charge is 0.105 e. The fourth-order valence-electron chi connectivity index (χ4n) is 4.56. The van der Waals surface area contributed by atoms with E-state index in [1.807, 2.05) is 12.3 Å². The lowest BCUT2D eigenvalue weighted by molar-refractivity contribution is -0.117. The fourth-order valence-corrected chi connectivity index (χ4v) is 4.56. The van der Waals surface area contributed by atoms with Crippen molar-refractivity contribution in [1.29, 1.82) is 0 Å². The van der Waals surface area contributed by atoms with Crippen molar-refractivity contribution in [1.82, 2.24) is 9.88 Å². The zero-order valence-corrected chi connectivity index (χ0v) is 14.2. The molecule has 1 N–H and O–H groups in total. The molecular weight excluding hydrogens is 308 g/mol. The SMILES string of the molecule is OC1(c2ccc(-c3ccc4cccnc4c3)cc2)CN2CCC1CC2. The van der Waals surface area contributed by atoms with Gasteiger partial charge in [-0.1, -0.05) is 42.5 Å². The van der Waals surface area contributed by atoms with Crippen molar-refractivity contribution in [3.05, 3.63) is 66.4 Å². The Balaban J connectivity index is 1.48. The largest absolute Gasteiger partial charge is 0.384 e. The number of benzene rings is 2. The van der Waals surface area contributed by atoms with Crippen LogP contribution in [0.2, 0.25) is 0 Å². The summed E-state index contributed by atoms with van der Waals surface area (Å²) >= 11 is 0. The number of hydrogen-bond donors (Lipinski definition) is 1. The summed E-state index contributed by atoms with van der Waals surface area (Å²) in [5.41, 5.74) is 3.73. The molecule has 3 aliphatic rings. The van der Waals surface area contributed by atoms with Gasteiger partial charge in [-0.25, -0.2) is 0 Å². The number of hydrogen-bond acceptors (Lipinski definition) is 3. The highest BCUT2D eigenvalue weighted by molar-refractivity contribution is 5.84. The Morgan fingerprint density at radius 2 is 1.72 bits per heavy atom. The molecule has 126 valence electrons. The molecule has 25 heavy (non-hydrogen) atoms. The van der Waals surface area contributed by atoms with E-state index in [-0.39, 0.29) is 0 Å². The summed E-state index contributed by atoms with van der Waals surface area (Å²) in [4.78, 5) is 6.84. The van der Waals surface area contributed by atoms with Crippen molar-refractivity contribution in [3.8, 4) is 11.1 Å². The number of rotatable bonds is 2. The van der Waals surface area contributed by atoms with Crippen LogP contribution in [0.5, 0.6) is 0 Å². The second-order valence-corrected chi connectivity index (χ2v) is 7.46. The Kier molecular flexibility index (Phi) is 3.40. The lowest BCUT2D eigenvalue weighted by Crippen LogP contribution is -2.57. The Morgan fingerprint density at radius 1 is 0.960 bits per heavy atom. The van der Waals surface area contributed by atoms with Gasteiger partial charge in [0.1, 0.15) is 5.60 Å². The topological polar surface area (TPSA) is 36.4 Å². The lowest BCUT2D eigenvalue weighted by atomic mass is 9.71. The average Bonchev–Trinajstić information content (AvgIpc) is 2.68. The molecule has 3 aromatic rings. The molecule has 2 bridgehead atoms. The van der Waals surface area contributed by atoms with Crippen molar-refractivity contribution in [2.45, 2.75) is 18.4 Å². The molecule has 3 fully saturated rings. The monoisotopic (exact) mass is 330 g/mol. The zero-order valence-electron chi connectivity index (χ0n) is 14.2. The summed E-state index contributed by atoms with van der Waals surface area (Å²) in [6.45, 7) is 3.04. The van der Waals surface area contributed by atoms with Crippen LogP contribution in [0.1, 0.15) is 18.4 Å². The summed E-state index contributed by atoms with van der Waals surface area (Å²) in [5, 5.41) is 12.4. The average molecular weight is 330 g/mol. The molecule has 6 rings (SSSR count). The van der Waals surface area contributed by atoms with Crippen LogP contribution in [0.4, 0.5) is 0 Å².